The van der Waals surface area contributed by atoms with Gasteiger partial charge in [-0.2, -0.15) is 8.42 Å². The van der Waals surface area contributed by atoms with Gasteiger partial charge in [0, 0.05) is 30.6 Å². The zero-order chi connectivity index (χ0) is 29.3. The van der Waals surface area contributed by atoms with Crippen LogP contribution in [-0.2, 0) is 42.7 Å². The van der Waals surface area contributed by atoms with E-state index in [1.54, 1.807) is 11.0 Å². The van der Waals surface area contributed by atoms with Gasteiger partial charge in [-0.1, -0.05) is 6.07 Å². The molecule has 2 aromatic rings. The molecule has 1 aromatic carbocycles. The fourth-order valence-electron chi connectivity index (χ4n) is 6.85. The summed E-state index contributed by atoms with van der Waals surface area (Å²) in [7, 11) is -6.58. The Morgan fingerprint density at radius 1 is 1.20 bits per heavy atom. The molecule has 1 saturated heterocycles. The monoisotopic (exact) mass is 624 g/mol. The van der Waals surface area contributed by atoms with Crippen molar-refractivity contribution in [3.05, 3.63) is 40.5 Å². The van der Waals surface area contributed by atoms with Gasteiger partial charge in [-0.3, -0.25) is 9.59 Å². The fourth-order valence-corrected chi connectivity index (χ4v) is 9.91. The van der Waals surface area contributed by atoms with Crippen LogP contribution in [0.15, 0.2) is 32.9 Å². The van der Waals surface area contributed by atoms with Crippen molar-refractivity contribution >= 4 is 53.9 Å². The van der Waals surface area contributed by atoms with Crippen LogP contribution in [0.1, 0.15) is 36.8 Å². The summed E-state index contributed by atoms with van der Waals surface area (Å²) < 4.78 is 75.2. The second-order valence-corrected chi connectivity index (χ2v) is 15.3. The first-order chi connectivity index (χ1) is 19.4. The number of rotatable bonds is 7. The van der Waals surface area contributed by atoms with Crippen LogP contribution in [-0.4, -0.2) is 58.7 Å². The molecule has 3 aliphatic carbocycles. The van der Waals surface area contributed by atoms with Crippen molar-refractivity contribution in [2.75, 3.05) is 18.7 Å². The number of fused-ring (bicyclic) bond motifs is 3. The quantitative estimate of drug-likeness (QED) is 0.446. The topological polar surface area (TPSA) is 151 Å². The molecule has 2 N–H and O–H groups in total. The number of methoxy groups -OCH3 is 1. The summed E-state index contributed by atoms with van der Waals surface area (Å²) in [6.07, 6.45) is 4.49. The molecule has 4 fully saturated rings. The SMILES string of the molecule is COc1cc(CN2C(=O)C(C3=NS(=O)(=O)c4c(CNS(C)(=O)=O)csc4N3)C(=O)C3C4CCC(CC4)C32)ccc1F. The molecule has 5 aliphatic rings. The summed E-state index contributed by atoms with van der Waals surface area (Å²) in [4.78, 5) is 29.7. The Balaban J connectivity index is 1.37. The smallest absolute Gasteiger partial charge is 0.287 e. The number of carbonyl (C=O) groups excluding carboxylic acids is 2. The highest BCUT2D eigenvalue weighted by molar-refractivity contribution is 7.91. The summed E-state index contributed by atoms with van der Waals surface area (Å²) in [5, 5.41) is 4.59. The number of benzene rings is 1. The van der Waals surface area contributed by atoms with Crippen molar-refractivity contribution in [2.24, 2.45) is 28.1 Å². The van der Waals surface area contributed by atoms with Crippen LogP contribution in [0.2, 0.25) is 0 Å². The molecule has 3 unspecified atom stereocenters. The van der Waals surface area contributed by atoms with Gasteiger partial charge in [0.05, 0.1) is 13.4 Å². The second kappa shape index (κ2) is 10.1. The van der Waals surface area contributed by atoms with E-state index in [0.717, 1.165) is 43.3 Å². The van der Waals surface area contributed by atoms with Crippen molar-refractivity contribution in [3.63, 3.8) is 0 Å². The average molecular weight is 625 g/mol. The van der Waals surface area contributed by atoms with Crippen molar-refractivity contribution in [3.8, 4) is 5.75 Å². The summed E-state index contributed by atoms with van der Waals surface area (Å²) in [6, 6.07) is 4.03. The van der Waals surface area contributed by atoms with Gasteiger partial charge < -0.3 is 15.0 Å². The molecule has 11 nitrogen and oxygen atoms in total. The van der Waals surface area contributed by atoms with E-state index in [1.165, 1.54) is 24.6 Å². The van der Waals surface area contributed by atoms with Crippen molar-refractivity contribution in [1.29, 1.82) is 0 Å². The summed E-state index contributed by atoms with van der Waals surface area (Å²) in [5.74, 6) is -3.32. The van der Waals surface area contributed by atoms with Crippen molar-refractivity contribution in [1.82, 2.24) is 9.62 Å². The lowest BCUT2D eigenvalue weighted by atomic mass is 9.57. The second-order valence-electron chi connectivity index (χ2n) is 11.1. The predicted molar refractivity (Wildman–Crippen MR) is 149 cm³/mol. The van der Waals surface area contributed by atoms with E-state index in [1.807, 2.05) is 0 Å². The number of nitrogens with one attached hydrogen (secondary N) is 2. The van der Waals surface area contributed by atoms with Gasteiger partial charge in [0.1, 0.15) is 15.7 Å². The Kier molecular flexibility index (Phi) is 6.98. The zero-order valence-corrected chi connectivity index (χ0v) is 24.7. The molecule has 3 atom stereocenters. The van der Waals surface area contributed by atoms with Crippen molar-refractivity contribution in [2.45, 2.75) is 49.7 Å². The van der Waals surface area contributed by atoms with Crippen LogP contribution in [0.3, 0.4) is 0 Å². The third kappa shape index (κ3) is 4.96. The van der Waals surface area contributed by atoms with Crippen LogP contribution < -0.4 is 14.8 Å². The van der Waals surface area contributed by atoms with Crippen LogP contribution in [0.4, 0.5) is 9.39 Å². The molecule has 3 heterocycles. The van der Waals surface area contributed by atoms with Gasteiger partial charge in [0.2, 0.25) is 15.9 Å². The number of thiophene rings is 1. The predicted octanol–water partition coefficient (Wildman–Crippen LogP) is 2.49. The average Bonchev–Trinajstić information content (AvgIpc) is 3.34. The summed E-state index contributed by atoms with van der Waals surface area (Å²) in [6.45, 7) is -0.144. The molecule has 7 rings (SSSR count). The van der Waals surface area contributed by atoms with Crippen molar-refractivity contribution < 1.29 is 35.6 Å². The molecular weight excluding hydrogens is 596 g/mol. The van der Waals surface area contributed by atoms with Crippen LogP contribution in [0.25, 0.3) is 0 Å². The molecule has 15 heteroatoms. The number of nitrogens with zero attached hydrogens (tertiary/aromatic N) is 2. The van der Waals surface area contributed by atoms with E-state index >= 15 is 0 Å². The molecule has 2 aliphatic heterocycles. The Morgan fingerprint density at radius 2 is 1.90 bits per heavy atom. The number of hydrogen-bond acceptors (Lipinski definition) is 9. The maximum absolute atomic E-state index is 14.1. The molecule has 0 spiro atoms. The Labute approximate surface area is 241 Å². The van der Waals surface area contributed by atoms with Gasteiger partial charge in [-0.25, -0.2) is 17.5 Å². The minimum Gasteiger partial charge on any atom is -0.494 e. The highest BCUT2D eigenvalue weighted by Crippen LogP contribution is 2.51. The number of carbonyl (C=O) groups is 2. The highest BCUT2D eigenvalue weighted by atomic mass is 32.2. The molecule has 0 radical (unpaired) electrons. The number of sulfonamides is 2. The number of Topliss-reactive ketones (excluding diaryl/α,β-unsaturated/α-hetero) is 1. The molecular formula is C26H29FN4O7S3. The Bertz CT molecular complexity index is 1680. The maximum atomic E-state index is 14.1. The third-order valence-corrected chi connectivity index (χ3v) is 11.7. The zero-order valence-electron chi connectivity index (χ0n) is 22.3. The minimum atomic E-state index is -4.35. The number of likely N-dealkylation sites (tertiary alicyclic amines) is 1. The Morgan fingerprint density at radius 3 is 2.59 bits per heavy atom. The van der Waals surface area contributed by atoms with Crippen LogP contribution >= 0.6 is 11.3 Å². The number of amidine groups is 1. The van der Waals surface area contributed by atoms with E-state index < -0.39 is 43.6 Å². The van der Waals surface area contributed by atoms with Gasteiger partial charge in [0.25, 0.3) is 10.0 Å². The maximum Gasteiger partial charge on any atom is 0.287 e. The largest absolute Gasteiger partial charge is 0.494 e. The minimum absolute atomic E-state index is 0.0390. The van der Waals surface area contributed by atoms with E-state index in [4.69, 9.17) is 4.74 Å². The number of hydrogen-bond donors (Lipinski definition) is 2. The standard InChI is InChI=1S/C26H29FN4O7S3/c1-38-18-9-13(3-8-17(18)27)11-31-21-15-6-4-14(5-7-15)19(21)22(32)20(26(31)33)24-29-25-23(41(36,37)30-24)16(12-39-25)10-28-40(2,34)35/h3,8-9,12,14-15,19-21,28H,4-7,10-11H2,1-2H3,(H,29,30). The molecule has 41 heavy (non-hydrogen) atoms. The van der Waals surface area contributed by atoms with Gasteiger partial charge in [0.15, 0.2) is 23.3 Å². The first-order valence-corrected chi connectivity index (χ1v) is 17.4. The molecule has 3 saturated carbocycles. The number of halogens is 1. The fraction of sp³-hybridized carbons (Fsp3) is 0.500. The third-order valence-electron chi connectivity index (χ3n) is 8.58. The lowest BCUT2D eigenvalue weighted by Gasteiger charge is -2.55. The van der Waals surface area contributed by atoms with E-state index in [-0.39, 0.29) is 63.8 Å². The first-order valence-electron chi connectivity index (χ1n) is 13.2. The normalized spacial score (nSPS) is 28.5. The van der Waals surface area contributed by atoms with Gasteiger partial charge >= 0.3 is 0 Å². The number of anilines is 1. The molecule has 2 bridgehead atoms. The number of piperidine rings is 1. The first kappa shape index (κ1) is 28.2. The lowest BCUT2D eigenvalue weighted by Crippen LogP contribution is -2.66. The number of ketones is 1. The van der Waals surface area contributed by atoms with Crippen LogP contribution in [0.5, 0.6) is 5.75 Å². The lowest BCUT2D eigenvalue weighted by molar-refractivity contribution is -0.162. The van der Waals surface area contributed by atoms with E-state index in [9.17, 15) is 30.8 Å². The Hall–Kier alpha value is -2.88. The van der Waals surface area contributed by atoms with Gasteiger partial charge in [-0.05, 0) is 60.6 Å². The summed E-state index contributed by atoms with van der Waals surface area (Å²) in [5.41, 5.74) is 0.836. The summed E-state index contributed by atoms with van der Waals surface area (Å²) >= 11 is 1.03. The number of ether oxygens (including phenoxy) is 1. The molecule has 1 aromatic heterocycles. The highest BCUT2D eigenvalue weighted by Gasteiger charge is 2.58. The van der Waals surface area contributed by atoms with E-state index in [2.05, 4.69) is 14.4 Å². The number of amides is 1. The van der Waals surface area contributed by atoms with Crippen LogP contribution in [0, 0.1) is 29.5 Å². The molecule has 1 amide bonds. The molecule has 220 valence electrons. The van der Waals surface area contributed by atoms with E-state index in [0.29, 0.717) is 5.56 Å². The van der Waals surface area contributed by atoms with Gasteiger partial charge in [-0.15, -0.1) is 15.7 Å².